The molecule has 3 rings (SSSR count). The first-order valence-corrected chi connectivity index (χ1v) is 8.67. The Morgan fingerprint density at radius 3 is 2.24 bits per heavy atom. The van der Waals surface area contributed by atoms with Crippen LogP contribution >= 0.6 is 11.3 Å². The lowest BCUT2D eigenvalue weighted by Gasteiger charge is -2.08. The number of hydrogen-bond donors (Lipinski definition) is 1. The van der Waals surface area contributed by atoms with E-state index in [-0.39, 0.29) is 0 Å². The summed E-state index contributed by atoms with van der Waals surface area (Å²) in [5.74, 6) is 0. The molecule has 1 aromatic carbocycles. The highest BCUT2D eigenvalue weighted by atomic mass is 32.2. The molecule has 0 aliphatic rings. The molecule has 1 N–H and O–H groups in total. The number of thiophene rings is 1. The minimum absolute atomic E-state index is 0.328. The van der Waals surface area contributed by atoms with Gasteiger partial charge in [0, 0.05) is 28.6 Å². The lowest BCUT2D eigenvalue weighted by Crippen LogP contribution is -2.11. The Bertz CT molecular complexity index is 832. The third-order valence-corrected chi connectivity index (χ3v) is 5.88. The number of sulfonamides is 1. The van der Waals surface area contributed by atoms with E-state index in [9.17, 15) is 8.42 Å². The van der Waals surface area contributed by atoms with Gasteiger partial charge >= 0.3 is 0 Å². The first kappa shape index (κ1) is 13.9. The van der Waals surface area contributed by atoms with Crippen molar-refractivity contribution >= 4 is 27.0 Å². The summed E-state index contributed by atoms with van der Waals surface area (Å²) in [7, 11) is -3.50. The van der Waals surface area contributed by atoms with Crippen LogP contribution in [0, 0.1) is 6.92 Å². The molecule has 2 heterocycles. The molecule has 0 unspecified atom stereocenters. The number of aromatic nitrogens is 1. The van der Waals surface area contributed by atoms with E-state index in [4.69, 9.17) is 0 Å². The Hall–Kier alpha value is -2.05. The molecular weight excluding hydrogens is 304 g/mol. The number of nitrogens with one attached hydrogen (secondary N) is 1. The lowest BCUT2D eigenvalue weighted by atomic mass is 10.3. The van der Waals surface area contributed by atoms with Crippen LogP contribution in [0.1, 0.15) is 4.88 Å². The molecule has 2 aromatic heterocycles. The zero-order valence-electron chi connectivity index (χ0n) is 11.4. The molecule has 0 amide bonds. The molecule has 0 spiro atoms. The standard InChI is InChI=1S/C15H14N2O2S2/c1-12-4-9-15(20-12)21(18,19)16-13-5-7-14(8-6-13)17-10-2-3-11-17/h2-11,16H,1H3. The van der Waals surface area contributed by atoms with Gasteiger partial charge in [-0.05, 0) is 55.5 Å². The molecule has 0 saturated heterocycles. The van der Waals surface area contributed by atoms with Crippen molar-refractivity contribution in [1.82, 2.24) is 4.57 Å². The summed E-state index contributed by atoms with van der Waals surface area (Å²) < 4.78 is 29.3. The van der Waals surface area contributed by atoms with E-state index in [0.29, 0.717) is 9.90 Å². The Labute approximate surface area is 127 Å². The first-order valence-electron chi connectivity index (χ1n) is 6.37. The van der Waals surface area contributed by atoms with Crippen LogP contribution in [-0.4, -0.2) is 13.0 Å². The van der Waals surface area contributed by atoms with Crippen molar-refractivity contribution in [2.24, 2.45) is 0 Å². The van der Waals surface area contributed by atoms with Crippen molar-refractivity contribution in [3.8, 4) is 5.69 Å². The Kier molecular flexibility index (Phi) is 3.57. The van der Waals surface area contributed by atoms with Crippen molar-refractivity contribution in [2.75, 3.05) is 4.72 Å². The average molecular weight is 318 g/mol. The van der Waals surface area contributed by atoms with Crippen LogP contribution in [0.3, 0.4) is 0 Å². The SMILES string of the molecule is Cc1ccc(S(=O)(=O)Nc2ccc(-n3cccc3)cc2)s1. The van der Waals surface area contributed by atoms with Crippen molar-refractivity contribution in [3.63, 3.8) is 0 Å². The quantitative estimate of drug-likeness (QED) is 0.798. The highest BCUT2D eigenvalue weighted by molar-refractivity contribution is 7.94. The van der Waals surface area contributed by atoms with E-state index >= 15 is 0 Å². The van der Waals surface area contributed by atoms with Crippen LogP contribution < -0.4 is 4.72 Å². The van der Waals surface area contributed by atoms with Crippen LogP contribution in [-0.2, 0) is 10.0 Å². The molecule has 0 fully saturated rings. The summed E-state index contributed by atoms with van der Waals surface area (Å²) in [4.78, 5) is 0.971. The van der Waals surface area contributed by atoms with E-state index in [1.54, 1.807) is 24.3 Å². The van der Waals surface area contributed by atoms with Crippen molar-refractivity contribution < 1.29 is 8.42 Å². The molecule has 0 aliphatic heterocycles. The fourth-order valence-corrected chi connectivity index (χ4v) is 4.31. The van der Waals surface area contributed by atoms with Crippen LogP contribution in [0.2, 0.25) is 0 Å². The third kappa shape index (κ3) is 3.01. The second-order valence-corrected chi connectivity index (χ2v) is 7.80. The zero-order valence-corrected chi connectivity index (χ0v) is 13.0. The predicted octanol–water partition coefficient (Wildman–Crippen LogP) is 3.65. The number of aryl methyl sites for hydroxylation is 1. The number of anilines is 1. The molecule has 3 aromatic rings. The fourth-order valence-electron chi connectivity index (χ4n) is 1.97. The normalized spacial score (nSPS) is 11.5. The topological polar surface area (TPSA) is 51.1 Å². The van der Waals surface area contributed by atoms with Gasteiger partial charge in [0.15, 0.2) is 0 Å². The second kappa shape index (κ2) is 5.38. The Balaban J connectivity index is 1.82. The van der Waals surface area contributed by atoms with Gasteiger partial charge < -0.3 is 4.57 Å². The van der Waals surface area contributed by atoms with Gasteiger partial charge in [-0.25, -0.2) is 8.42 Å². The summed E-state index contributed by atoms with van der Waals surface area (Å²) in [5.41, 5.74) is 1.53. The molecule has 0 radical (unpaired) electrons. The number of nitrogens with zero attached hydrogens (tertiary/aromatic N) is 1. The Morgan fingerprint density at radius 2 is 1.67 bits per heavy atom. The summed E-state index contributed by atoms with van der Waals surface area (Å²) in [6.07, 6.45) is 3.88. The smallest absolute Gasteiger partial charge is 0.271 e. The molecule has 0 bridgehead atoms. The van der Waals surface area contributed by atoms with Gasteiger partial charge in [0.1, 0.15) is 4.21 Å². The highest BCUT2D eigenvalue weighted by Gasteiger charge is 2.16. The summed E-state index contributed by atoms with van der Waals surface area (Å²) in [6.45, 7) is 1.88. The number of benzene rings is 1. The summed E-state index contributed by atoms with van der Waals surface area (Å²) >= 11 is 1.26. The third-order valence-electron chi connectivity index (χ3n) is 3.00. The van der Waals surface area contributed by atoms with Crippen LogP contribution in [0.4, 0.5) is 5.69 Å². The maximum absolute atomic E-state index is 12.2. The zero-order chi connectivity index (χ0) is 14.9. The molecule has 0 aliphatic carbocycles. The van der Waals surface area contributed by atoms with E-state index < -0.39 is 10.0 Å². The monoisotopic (exact) mass is 318 g/mol. The van der Waals surface area contributed by atoms with Gasteiger partial charge in [0.25, 0.3) is 10.0 Å². The van der Waals surface area contributed by atoms with Crippen LogP contribution in [0.15, 0.2) is 65.1 Å². The average Bonchev–Trinajstić information content (AvgIpc) is 3.10. The number of hydrogen-bond acceptors (Lipinski definition) is 3. The van der Waals surface area contributed by atoms with E-state index in [1.807, 2.05) is 48.1 Å². The van der Waals surface area contributed by atoms with Crippen molar-refractivity contribution in [3.05, 3.63) is 65.8 Å². The summed E-state index contributed by atoms with van der Waals surface area (Å²) in [6, 6.07) is 14.6. The minimum atomic E-state index is -3.50. The molecule has 0 saturated carbocycles. The minimum Gasteiger partial charge on any atom is -0.324 e. The van der Waals surface area contributed by atoms with Gasteiger partial charge in [-0.15, -0.1) is 11.3 Å². The second-order valence-electron chi connectivity index (χ2n) is 4.61. The molecule has 21 heavy (non-hydrogen) atoms. The first-order chi connectivity index (χ1) is 10.0. The highest BCUT2D eigenvalue weighted by Crippen LogP contribution is 2.23. The van der Waals surface area contributed by atoms with E-state index in [2.05, 4.69) is 4.72 Å². The van der Waals surface area contributed by atoms with Crippen molar-refractivity contribution in [1.29, 1.82) is 0 Å². The molecule has 108 valence electrons. The van der Waals surface area contributed by atoms with Gasteiger partial charge in [-0.1, -0.05) is 0 Å². The largest absolute Gasteiger partial charge is 0.324 e. The van der Waals surface area contributed by atoms with Gasteiger partial charge in [-0.3, -0.25) is 4.72 Å². The molecule has 0 atom stereocenters. The van der Waals surface area contributed by atoms with Gasteiger partial charge in [0.05, 0.1) is 0 Å². The summed E-state index contributed by atoms with van der Waals surface area (Å²) in [5, 5.41) is 0. The van der Waals surface area contributed by atoms with Crippen LogP contribution in [0.25, 0.3) is 5.69 Å². The fraction of sp³-hybridized carbons (Fsp3) is 0.0667. The van der Waals surface area contributed by atoms with E-state index in [1.165, 1.54) is 11.3 Å². The molecular formula is C15H14N2O2S2. The predicted molar refractivity (Wildman–Crippen MR) is 85.6 cm³/mol. The van der Waals surface area contributed by atoms with Gasteiger partial charge in [0.2, 0.25) is 0 Å². The Morgan fingerprint density at radius 1 is 1.00 bits per heavy atom. The molecule has 4 nitrogen and oxygen atoms in total. The number of rotatable bonds is 4. The van der Waals surface area contributed by atoms with Crippen molar-refractivity contribution in [2.45, 2.75) is 11.1 Å². The maximum Gasteiger partial charge on any atom is 0.271 e. The van der Waals surface area contributed by atoms with Gasteiger partial charge in [-0.2, -0.15) is 0 Å². The maximum atomic E-state index is 12.2. The lowest BCUT2D eigenvalue weighted by molar-refractivity contribution is 0.603. The molecule has 6 heteroatoms. The van der Waals surface area contributed by atoms with E-state index in [0.717, 1.165) is 10.6 Å². The van der Waals surface area contributed by atoms with Crippen LogP contribution in [0.5, 0.6) is 0 Å².